The molecule has 0 aliphatic rings. The standard InChI is InChI=1S/C9H8ClN3O2S2/c1-3-4-12(2)17(14,15)8-7(10)11-9-13(8)5-6-16-9/h1,5-6H,4H2,2H3. The topological polar surface area (TPSA) is 54.7 Å². The highest BCUT2D eigenvalue weighted by Crippen LogP contribution is 2.27. The highest BCUT2D eigenvalue weighted by atomic mass is 35.5. The van der Waals surface area contributed by atoms with Gasteiger partial charge in [0, 0.05) is 18.6 Å². The highest BCUT2D eigenvalue weighted by Gasteiger charge is 2.28. The van der Waals surface area contributed by atoms with Gasteiger partial charge >= 0.3 is 0 Å². The second kappa shape index (κ2) is 4.31. The molecule has 2 aromatic heterocycles. The molecule has 0 unspecified atom stereocenters. The van der Waals surface area contributed by atoms with Crippen LogP contribution in [0.3, 0.4) is 0 Å². The molecule has 0 aliphatic heterocycles. The first-order chi connectivity index (χ1) is 7.98. The summed E-state index contributed by atoms with van der Waals surface area (Å²) < 4.78 is 26.9. The molecule has 90 valence electrons. The van der Waals surface area contributed by atoms with Gasteiger partial charge in [0.05, 0.1) is 6.54 Å². The Kier molecular flexibility index (Phi) is 3.14. The van der Waals surface area contributed by atoms with Crippen molar-refractivity contribution >= 4 is 37.9 Å². The summed E-state index contributed by atoms with van der Waals surface area (Å²) in [6.07, 6.45) is 6.71. The molecule has 2 heterocycles. The molecule has 2 aromatic rings. The van der Waals surface area contributed by atoms with E-state index in [9.17, 15) is 8.42 Å². The molecule has 0 N–H and O–H groups in total. The average Bonchev–Trinajstić information content (AvgIpc) is 2.76. The number of rotatable bonds is 3. The van der Waals surface area contributed by atoms with Crippen LogP contribution in [-0.4, -0.2) is 35.7 Å². The molecule has 0 amide bonds. The van der Waals surface area contributed by atoms with Crippen LogP contribution in [-0.2, 0) is 10.0 Å². The molecular weight excluding hydrogens is 282 g/mol. The van der Waals surface area contributed by atoms with Crippen molar-refractivity contribution in [2.45, 2.75) is 5.03 Å². The second-order valence-electron chi connectivity index (χ2n) is 3.23. The van der Waals surface area contributed by atoms with Crippen LogP contribution >= 0.6 is 22.9 Å². The molecule has 17 heavy (non-hydrogen) atoms. The van der Waals surface area contributed by atoms with Crippen molar-refractivity contribution in [2.24, 2.45) is 0 Å². The van der Waals surface area contributed by atoms with Crippen LogP contribution in [0.5, 0.6) is 0 Å². The third kappa shape index (κ3) is 1.93. The van der Waals surface area contributed by atoms with Gasteiger partial charge in [0.15, 0.2) is 15.1 Å². The van der Waals surface area contributed by atoms with E-state index in [1.165, 1.54) is 22.8 Å². The number of terminal acetylenes is 1. The van der Waals surface area contributed by atoms with Crippen LogP contribution in [0, 0.1) is 12.3 Å². The van der Waals surface area contributed by atoms with E-state index >= 15 is 0 Å². The van der Waals surface area contributed by atoms with Crippen molar-refractivity contribution in [3.63, 3.8) is 0 Å². The first-order valence-corrected chi connectivity index (χ1v) is 7.19. The molecule has 0 saturated heterocycles. The van der Waals surface area contributed by atoms with Crippen LogP contribution in [0.4, 0.5) is 0 Å². The molecule has 0 aliphatic carbocycles. The number of thiazole rings is 1. The summed E-state index contributed by atoms with van der Waals surface area (Å²) >= 11 is 7.16. The first kappa shape index (κ1) is 12.4. The Morgan fingerprint density at radius 1 is 1.71 bits per heavy atom. The van der Waals surface area contributed by atoms with E-state index < -0.39 is 10.0 Å². The monoisotopic (exact) mass is 289 g/mol. The van der Waals surface area contributed by atoms with Crippen molar-refractivity contribution in [1.29, 1.82) is 0 Å². The Morgan fingerprint density at radius 3 is 3.06 bits per heavy atom. The van der Waals surface area contributed by atoms with Gasteiger partial charge in [0.2, 0.25) is 0 Å². The zero-order chi connectivity index (χ0) is 12.6. The maximum atomic E-state index is 12.2. The molecule has 0 spiro atoms. The van der Waals surface area contributed by atoms with Crippen LogP contribution < -0.4 is 0 Å². The number of sulfonamides is 1. The molecule has 8 heteroatoms. The number of imidazole rings is 1. The molecule has 5 nitrogen and oxygen atoms in total. The maximum Gasteiger partial charge on any atom is 0.262 e. The van der Waals surface area contributed by atoms with Gasteiger partial charge in [0.1, 0.15) is 0 Å². The van der Waals surface area contributed by atoms with Crippen LogP contribution in [0.15, 0.2) is 16.6 Å². The van der Waals surface area contributed by atoms with Crippen molar-refractivity contribution in [2.75, 3.05) is 13.6 Å². The molecular formula is C9H8ClN3O2S2. The zero-order valence-electron chi connectivity index (χ0n) is 8.79. The lowest BCUT2D eigenvalue weighted by Gasteiger charge is -2.13. The minimum atomic E-state index is -3.72. The largest absolute Gasteiger partial charge is 0.279 e. The minimum absolute atomic E-state index is 0.0178. The Morgan fingerprint density at radius 2 is 2.41 bits per heavy atom. The molecule has 0 saturated carbocycles. The van der Waals surface area contributed by atoms with E-state index in [4.69, 9.17) is 18.0 Å². The van der Waals surface area contributed by atoms with Crippen molar-refractivity contribution in [3.05, 3.63) is 16.7 Å². The molecule has 0 bridgehead atoms. The second-order valence-corrected chi connectivity index (χ2v) is 6.42. The smallest absolute Gasteiger partial charge is 0.262 e. The van der Waals surface area contributed by atoms with E-state index in [-0.39, 0.29) is 16.7 Å². The van der Waals surface area contributed by atoms with E-state index in [1.807, 2.05) is 0 Å². The number of aromatic nitrogens is 2. The minimum Gasteiger partial charge on any atom is -0.279 e. The molecule has 0 atom stereocenters. The first-order valence-electron chi connectivity index (χ1n) is 4.49. The predicted molar refractivity (Wildman–Crippen MR) is 66.7 cm³/mol. The average molecular weight is 290 g/mol. The van der Waals surface area contributed by atoms with Gasteiger partial charge in [-0.2, -0.15) is 4.31 Å². The van der Waals surface area contributed by atoms with E-state index in [0.29, 0.717) is 4.96 Å². The quantitative estimate of drug-likeness (QED) is 0.801. The van der Waals surface area contributed by atoms with Crippen LogP contribution in [0.1, 0.15) is 0 Å². The van der Waals surface area contributed by atoms with Crippen molar-refractivity contribution in [1.82, 2.24) is 13.7 Å². The third-order valence-corrected chi connectivity index (χ3v) is 5.11. The number of hydrogen-bond donors (Lipinski definition) is 0. The van der Waals surface area contributed by atoms with Gasteiger partial charge in [-0.3, -0.25) is 4.40 Å². The normalized spacial score (nSPS) is 12.1. The summed E-state index contributed by atoms with van der Waals surface area (Å²) in [6.45, 7) is -0.0178. The van der Waals surface area contributed by atoms with E-state index in [2.05, 4.69) is 10.9 Å². The summed E-state index contributed by atoms with van der Waals surface area (Å²) in [5.41, 5.74) is 0. The van der Waals surface area contributed by atoms with Gasteiger partial charge in [-0.15, -0.1) is 17.8 Å². The fraction of sp³-hybridized carbons (Fsp3) is 0.222. The lowest BCUT2D eigenvalue weighted by atomic mass is 10.7. The number of nitrogens with zero attached hydrogens (tertiary/aromatic N) is 3. The highest BCUT2D eigenvalue weighted by molar-refractivity contribution is 7.89. The number of halogens is 1. The SMILES string of the molecule is C#CCN(C)S(=O)(=O)c1c(Cl)nc2sccn12. The van der Waals surface area contributed by atoms with E-state index in [1.54, 1.807) is 11.6 Å². The number of fused-ring (bicyclic) bond motifs is 1. The maximum absolute atomic E-state index is 12.2. The Labute approximate surface area is 108 Å². The number of hydrogen-bond acceptors (Lipinski definition) is 4. The van der Waals surface area contributed by atoms with Crippen LogP contribution in [0.2, 0.25) is 5.15 Å². The summed E-state index contributed by atoms with van der Waals surface area (Å²) in [5.74, 6) is 2.27. The zero-order valence-corrected chi connectivity index (χ0v) is 11.2. The summed E-state index contributed by atoms with van der Waals surface area (Å²) in [4.78, 5) is 4.50. The molecule has 2 rings (SSSR count). The van der Waals surface area contributed by atoms with Crippen LogP contribution in [0.25, 0.3) is 4.96 Å². The Balaban J connectivity index is 2.64. The lowest BCUT2D eigenvalue weighted by Crippen LogP contribution is -2.28. The van der Waals surface area contributed by atoms with Gasteiger partial charge in [-0.25, -0.2) is 13.4 Å². The summed E-state index contributed by atoms with van der Waals surface area (Å²) in [5, 5.41) is 1.65. The van der Waals surface area contributed by atoms with Gasteiger partial charge in [-0.05, 0) is 0 Å². The molecule has 0 fully saturated rings. The van der Waals surface area contributed by atoms with Crippen molar-refractivity contribution in [3.8, 4) is 12.3 Å². The fourth-order valence-corrected chi connectivity index (χ4v) is 3.81. The summed E-state index contributed by atoms with van der Waals surface area (Å²) in [6, 6.07) is 0. The Bertz CT molecular complexity index is 695. The van der Waals surface area contributed by atoms with Gasteiger partial charge < -0.3 is 0 Å². The van der Waals surface area contributed by atoms with Gasteiger partial charge in [-0.1, -0.05) is 17.5 Å². The molecule has 0 radical (unpaired) electrons. The Hall–Kier alpha value is -1.07. The van der Waals surface area contributed by atoms with Gasteiger partial charge in [0.25, 0.3) is 10.0 Å². The fourth-order valence-electron chi connectivity index (χ4n) is 1.33. The summed E-state index contributed by atoms with van der Waals surface area (Å²) in [7, 11) is -2.32. The van der Waals surface area contributed by atoms with Crippen molar-refractivity contribution < 1.29 is 8.42 Å². The van der Waals surface area contributed by atoms with E-state index in [0.717, 1.165) is 4.31 Å². The lowest BCUT2D eigenvalue weighted by molar-refractivity contribution is 0.498. The predicted octanol–water partition coefficient (Wildman–Crippen LogP) is 1.30. The molecule has 0 aromatic carbocycles. The third-order valence-electron chi connectivity index (χ3n) is 2.15.